The zero-order chi connectivity index (χ0) is 11.2. The molecule has 0 saturated carbocycles. The topological polar surface area (TPSA) is 41.4 Å². The van der Waals surface area contributed by atoms with Crippen molar-refractivity contribution < 1.29 is 0 Å². The van der Waals surface area contributed by atoms with Gasteiger partial charge in [0.15, 0.2) is 0 Å². The molecule has 0 fully saturated rings. The highest BCUT2D eigenvalue weighted by atomic mass is 15.2. The highest BCUT2D eigenvalue weighted by molar-refractivity contribution is 5.88. The summed E-state index contributed by atoms with van der Waals surface area (Å²) in [5.74, 6) is 1.11. The molecule has 4 nitrogen and oxygen atoms in total. The summed E-state index contributed by atoms with van der Waals surface area (Å²) in [6.07, 6.45) is 1.94. The predicted molar refractivity (Wildman–Crippen MR) is 68.0 cm³/mol. The highest BCUT2D eigenvalue weighted by Crippen LogP contribution is 2.26. The number of aromatic nitrogens is 2. The molecule has 1 aromatic carbocycles. The minimum atomic E-state index is 0.792. The SMILES string of the molecule is c1ccc2c(c1)cc1cnc3c(n12)NCNC3. The van der Waals surface area contributed by atoms with Gasteiger partial charge in [0.25, 0.3) is 0 Å². The fraction of sp³-hybridized carbons (Fsp3) is 0.154. The van der Waals surface area contributed by atoms with E-state index in [4.69, 9.17) is 0 Å². The first kappa shape index (κ1) is 9.01. The second-order valence-electron chi connectivity index (χ2n) is 4.30. The smallest absolute Gasteiger partial charge is 0.135 e. The van der Waals surface area contributed by atoms with E-state index in [0.717, 1.165) is 30.2 Å². The summed E-state index contributed by atoms with van der Waals surface area (Å²) < 4.78 is 2.25. The number of rotatable bonds is 0. The van der Waals surface area contributed by atoms with Crippen LogP contribution in [0.15, 0.2) is 36.5 Å². The van der Waals surface area contributed by atoms with Crippen LogP contribution in [-0.4, -0.2) is 16.1 Å². The Hall–Kier alpha value is -2.07. The average Bonchev–Trinajstić information content (AvgIpc) is 2.77. The number of anilines is 1. The van der Waals surface area contributed by atoms with E-state index in [1.807, 2.05) is 6.20 Å². The van der Waals surface area contributed by atoms with Crippen LogP contribution in [0.25, 0.3) is 16.4 Å². The molecule has 4 rings (SSSR count). The summed E-state index contributed by atoms with van der Waals surface area (Å²) >= 11 is 0. The Morgan fingerprint density at radius 3 is 3.18 bits per heavy atom. The lowest BCUT2D eigenvalue weighted by Crippen LogP contribution is -2.29. The Morgan fingerprint density at radius 2 is 2.18 bits per heavy atom. The minimum Gasteiger partial charge on any atom is -0.357 e. The van der Waals surface area contributed by atoms with Gasteiger partial charge in [-0.25, -0.2) is 0 Å². The summed E-state index contributed by atoms with van der Waals surface area (Å²) in [6.45, 7) is 1.62. The molecule has 0 amide bonds. The van der Waals surface area contributed by atoms with Crippen LogP contribution in [0, 0.1) is 0 Å². The van der Waals surface area contributed by atoms with Crippen LogP contribution in [0.3, 0.4) is 0 Å². The maximum Gasteiger partial charge on any atom is 0.135 e. The molecule has 4 heteroatoms. The van der Waals surface area contributed by atoms with Crippen LogP contribution in [0.4, 0.5) is 5.82 Å². The first-order valence-electron chi connectivity index (χ1n) is 5.76. The van der Waals surface area contributed by atoms with Crippen LogP contribution in [-0.2, 0) is 6.54 Å². The third kappa shape index (κ3) is 1.18. The third-order valence-corrected chi connectivity index (χ3v) is 3.26. The van der Waals surface area contributed by atoms with Gasteiger partial charge in [0.05, 0.1) is 29.6 Å². The lowest BCUT2D eigenvalue weighted by Gasteiger charge is -2.19. The highest BCUT2D eigenvalue weighted by Gasteiger charge is 2.14. The van der Waals surface area contributed by atoms with E-state index in [2.05, 4.69) is 50.4 Å². The monoisotopic (exact) mass is 224 g/mol. The second-order valence-corrected chi connectivity index (χ2v) is 4.30. The number of fused-ring (bicyclic) bond motifs is 5. The zero-order valence-electron chi connectivity index (χ0n) is 9.27. The molecule has 0 spiro atoms. The minimum absolute atomic E-state index is 0.792. The van der Waals surface area contributed by atoms with E-state index >= 15 is 0 Å². The number of nitrogens with zero attached hydrogens (tertiary/aromatic N) is 2. The Balaban J connectivity index is 2.20. The average molecular weight is 224 g/mol. The molecule has 84 valence electrons. The van der Waals surface area contributed by atoms with Gasteiger partial charge in [0, 0.05) is 11.9 Å². The molecule has 0 bridgehead atoms. The van der Waals surface area contributed by atoms with E-state index in [9.17, 15) is 0 Å². The molecule has 1 aliphatic rings. The van der Waals surface area contributed by atoms with Crippen molar-refractivity contribution in [2.24, 2.45) is 0 Å². The van der Waals surface area contributed by atoms with E-state index < -0.39 is 0 Å². The predicted octanol–water partition coefficient (Wildman–Crippen LogP) is 1.96. The number of para-hydroxylation sites is 1. The van der Waals surface area contributed by atoms with Crippen molar-refractivity contribution in [3.63, 3.8) is 0 Å². The van der Waals surface area contributed by atoms with Crippen molar-refractivity contribution in [1.82, 2.24) is 14.7 Å². The fourth-order valence-electron chi connectivity index (χ4n) is 2.49. The van der Waals surface area contributed by atoms with E-state index in [0.29, 0.717) is 0 Å². The van der Waals surface area contributed by atoms with Crippen molar-refractivity contribution >= 4 is 22.2 Å². The number of hydrogen-bond donors (Lipinski definition) is 2. The first-order valence-corrected chi connectivity index (χ1v) is 5.76. The maximum atomic E-state index is 4.50. The molecule has 0 atom stereocenters. The molecule has 2 N–H and O–H groups in total. The number of nitrogens with one attached hydrogen (secondary N) is 2. The molecule has 0 saturated heterocycles. The molecule has 1 aliphatic heterocycles. The van der Waals surface area contributed by atoms with Crippen molar-refractivity contribution in [2.75, 3.05) is 12.0 Å². The number of hydrogen-bond acceptors (Lipinski definition) is 3. The maximum absolute atomic E-state index is 4.50. The molecule has 0 radical (unpaired) electrons. The van der Waals surface area contributed by atoms with Crippen molar-refractivity contribution in [2.45, 2.75) is 6.54 Å². The molecule has 17 heavy (non-hydrogen) atoms. The van der Waals surface area contributed by atoms with Gasteiger partial charge < -0.3 is 5.32 Å². The van der Waals surface area contributed by atoms with E-state index in [1.165, 1.54) is 10.9 Å². The summed E-state index contributed by atoms with van der Waals surface area (Å²) in [5.41, 5.74) is 3.44. The van der Waals surface area contributed by atoms with Gasteiger partial charge in [-0.3, -0.25) is 14.7 Å². The van der Waals surface area contributed by atoms with Gasteiger partial charge in [-0.05, 0) is 12.1 Å². The molecular weight excluding hydrogens is 212 g/mol. The largest absolute Gasteiger partial charge is 0.357 e. The molecule has 2 aromatic heterocycles. The van der Waals surface area contributed by atoms with Gasteiger partial charge in [-0.1, -0.05) is 18.2 Å². The standard InChI is InChI=1S/C13H12N4/c1-2-4-12-9(3-1)5-10-6-15-11-7-14-8-16-13(11)17(10)12/h1-6,14,16H,7-8H2. The lowest BCUT2D eigenvalue weighted by atomic mass is 10.2. The van der Waals surface area contributed by atoms with E-state index in [1.54, 1.807) is 0 Å². The van der Waals surface area contributed by atoms with Crippen LogP contribution in [0.2, 0.25) is 0 Å². The zero-order valence-corrected chi connectivity index (χ0v) is 9.27. The quantitative estimate of drug-likeness (QED) is 0.613. The first-order chi connectivity index (χ1) is 8.43. The van der Waals surface area contributed by atoms with Crippen LogP contribution in [0.1, 0.15) is 5.69 Å². The van der Waals surface area contributed by atoms with Crippen LogP contribution < -0.4 is 10.6 Å². The molecule has 3 aromatic rings. The van der Waals surface area contributed by atoms with Gasteiger partial charge in [-0.2, -0.15) is 0 Å². The summed E-state index contributed by atoms with van der Waals surface area (Å²) in [7, 11) is 0. The summed E-state index contributed by atoms with van der Waals surface area (Å²) in [5, 5.41) is 7.88. The summed E-state index contributed by atoms with van der Waals surface area (Å²) in [4.78, 5) is 4.50. The molecule has 0 aliphatic carbocycles. The van der Waals surface area contributed by atoms with Gasteiger partial charge in [0.2, 0.25) is 0 Å². The Bertz CT molecular complexity index is 714. The normalized spacial score (nSPS) is 14.8. The van der Waals surface area contributed by atoms with Crippen LogP contribution >= 0.6 is 0 Å². The van der Waals surface area contributed by atoms with Crippen molar-refractivity contribution in [3.8, 4) is 0 Å². The van der Waals surface area contributed by atoms with E-state index in [-0.39, 0.29) is 0 Å². The van der Waals surface area contributed by atoms with Gasteiger partial charge >= 0.3 is 0 Å². The van der Waals surface area contributed by atoms with Gasteiger partial charge in [0.1, 0.15) is 5.82 Å². The molecule has 0 unspecified atom stereocenters. The Morgan fingerprint density at radius 1 is 1.24 bits per heavy atom. The van der Waals surface area contributed by atoms with Crippen LogP contribution in [0.5, 0.6) is 0 Å². The van der Waals surface area contributed by atoms with Gasteiger partial charge in [-0.15, -0.1) is 0 Å². The molecule has 3 heterocycles. The second kappa shape index (κ2) is 3.21. The van der Waals surface area contributed by atoms with Crippen molar-refractivity contribution in [3.05, 3.63) is 42.2 Å². The lowest BCUT2D eigenvalue weighted by molar-refractivity contribution is 0.681. The number of benzene rings is 1. The fourth-order valence-corrected chi connectivity index (χ4v) is 2.49. The Labute approximate surface area is 98.3 Å². The van der Waals surface area contributed by atoms with Crippen molar-refractivity contribution in [1.29, 1.82) is 0 Å². The molecular formula is C13H12N4. The third-order valence-electron chi connectivity index (χ3n) is 3.26. The Kier molecular flexibility index (Phi) is 1.70. The summed E-state index contributed by atoms with van der Waals surface area (Å²) in [6, 6.07) is 10.6.